The van der Waals surface area contributed by atoms with E-state index in [9.17, 15) is 14.9 Å². The Bertz CT molecular complexity index is 518. The van der Waals surface area contributed by atoms with E-state index in [1.54, 1.807) is 13.8 Å². The summed E-state index contributed by atoms with van der Waals surface area (Å²) in [6.45, 7) is 5.38. The Hall–Kier alpha value is -2.18. The highest BCUT2D eigenvalue weighted by Crippen LogP contribution is 2.24. The molecule has 1 aromatic heterocycles. The Morgan fingerprint density at radius 1 is 1.60 bits per heavy atom. The largest absolute Gasteiger partial charge is 0.467 e. The lowest BCUT2D eigenvalue weighted by atomic mass is 9.96. The van der Waals surface area contributed by atoms with Crippen molar-refractivity contribution in [2.24, 2.45) is 0 Å². The molecule has 1 heterocycles. The molecule has 1 N–H and O–H groups in total. The smallest absolute Gasteiger partial charge is 0.331 e. The highest BCUT2D eigenvalue weighted by molar-refractivity contribution is 5.83. The summed E-state index contributed by atoms with van der Waals surface area (Å²) in [7, 11) is 1.33. The van der Waals surface area contributed by atoms with E-state index < -0.39 is 10.5 Å². The Morgan fingerprint density at radius 3 is 2.70 bits per heavy atom. The maximum atomic E-state index is 11.9. The van der Waals surface area contributed by atoms with Gasteiger partial charge in [-0.1, -0.05) is 13.3 Å². The van der Waals surface area contributed by atoms with Gasteiger partial charge in [-0.05, 0) is 25.8 Å². The van der Waals surface area contributed by atoms with E-state index in [0.717, 1.165) is 6.42 Å². The van der Waals surface area contributed by atoms with Crippen LogP contribution in [0.5, 0.6) is 0 Å². The minimum Gasteiger partial charge on any atom is -0.467 e. The van der Waals surface area contributed by atoms with Gasteiger partial charge in [0.2, 0.25) is 0 Å². The standard InChI is InChI=1S/C13H19N3O4/c1-5-6-13(3,12(17)20-4)15-11-9(2)7-10(8-14-11)16(18)19/h7-8H,5-6H2,1-4H3,(H,14,15). The van der Waals surface area contributed by atoms with Gasteiger partial charge in [-0.15, -0.1) is 0 Å². The van der Waals surface area contributed by atoms with Crippen molar-refractivity contribution in [1.82, 2.24) is 4.98 Å². The molecule has 0 aliphatic rings. The minimum atomic E-state index is -0.905. The quantitative estimate of drug-likeness (QED) is 0.489. The number of ether oxygens (including phenoxy) is 1. The molecule has 20 heavy (non-hydrogen) atoms. The van der Waals surface area contributed by atoms with E-state index in [4.69, 9.17) is 4.74 Å². The molecule has 7 heteroatoms. The topological polar surface area (TPSA) is 94.4 Å². The molecule has 1 aromatic rings. The summed E-state index contributed by atoms with van der Waals surface area (Å²) in [5.41, 5.74) is -0.383. The number of esters is 1. The average molecular weight is 281 g/mol. The van der Waals surface area contributed by atoms with Gasteiger partial charge >= 0.3 is 5.97 Å². The number of hydrogen-bond donors (Lipinski definition) is 1. The number of aromatic nitrogens is 1. The predicted molar refractivity (Wildman–Crippen MR) is 74.6 cm³/mol. The molecule has 0 bridgehead atoms. The second-order valence-corrected chi connectivity index (χ2v) is 4.81. The van der Waals surface area contributed by atoms with Crippen LogP contribution >= 0.6 is 0 Å². The Kier molecular flexibility index (Phi) is 5.01. The van der Waals surface area contributed by atoms with Crippen molar-refractivity contribution in [1.29, 1.82) is 0 Å². The zero-order valence-corrected chi connectivity index (χ0v) is 12.1. The zero-order valence-electron chi connectivity index (χ0n) is 12.1. The number of aryl methyl sites for hydroxylation is 1. The SMILES string of the molecule is CCCC(C)(Nc1ncc([N+](=O)[O-])cc1C)C(=O)OC. The van der Waals surface area contributed by atoms with Crippen molar-refractivity contribution in [2.75, 3.05) is 12.4 Å². The first-order valence-electron chi connectivity index (χ1n) is 6.31. The summed E-state index contributed by atoms with van der Waals surface area (Å²) in [6.07, 6.45) is 2.52. The van der Waals surface area contributed by atoms with Crippen LogP contribution in [0.1, 0.15) is 32.3 Å². The van der Waals surface area contributed by atoms with Crippen LogP contribution in [0.4, 0.5) is 11.5 Å². The number of nitrogens with one attached hydrogen (secondary N) is 1. The molecule has 0 fully saturated rings. The van der Waals surface area contributed by atoms with Gasteiger partial charge in [-0.2, -0.15) is 0 Å². The molecule has 1 unspecified atom stereocenters. The summed E-state index contributed by atoms with van der Waals surface area (Å²) < 4.78 is 4.80. The number of nitrogens with zero attached hydrogens (tertiary/aromatic N) is 2. The number of pyridine rings is 1. The number of methoxy groups -OCH3 is 1. The fourth-order valence-electron chi connectivity index (χ4n) is 1.99. The second-order valence-electron chi connectivity index (χ2n) is 4.81. The summed E-state index contributed by atoms with van der Waals surface area (Å²) in [4.78, 5) is 26.1. The summed E-state index contributed by atoms with van der Waals surface area (Å²) in [5, 5.41) is 13.7. The molecule has 0 radical (unpaired) electrons. The molecule has 0 aliphatic carbocycles. The van der Waals surface area contributed by atoms with Gasteiger partial charge in [0.1, 0.15) is 17.6 Å². The van der Waals surface area contributed by atoms with Crippen LogP contribution in [0.25, 0.3) is 0 Å². The summed E-state index contributed by atoms with van der Waals surface area (Å²) in [6, 6.07) is 1.42. The van der Waals surface area contributed by atoms with Crippen LogP contribution in [-0.4, -0.2) is 28.5 Å². The van der Waals surface area contributed by atoms with Crippen molar-refractivity contribution >= 4 is 17.5 Å². The maximum Gasteiger partial charge on any atom is 0.331 e. The maximum absolute atomic E-state index is 11.9. The Labute approximate surface area is 117 Å². The van der Waals surface area contributed by atoms with Gasteiger partial charge in [-0.3, -0.25) is 10.1 Å². The van der Waals surface area contributed by atoms with Gasteiger partial charge in [0.15, 0.2) is 0 Å². The van der Waals surface area contributed by atoms with E-state index in [0.29, 0.717) is 17.8 Å². The third-order valence-electron chi connectivity index (χ3n) is 3.05. The van der Waals surface area contributed by atoms with Crippen LogP contribution in [0.2, 0.25) is 0 Å². The zero-order chi connectivity index (χ0) is 15.3. The van der Waals surface area contributed by atoms with E-state index in [-0.39, 0.29) is 11.7 Å². The number of anilines is 1. The highest BCUT2D eigenvalue weighted by Gasteiger charge is 2.34. The first-order chi connectivity index (χ1) is 9.34. The lowest BCUT2D eigenvalue weighted by Crippen LogP contribution is -2.44. The van der Waals surface area contributed by atoms with E-state index in [2.05, 4.69) is 10.3 Å². The highest BCUT2D eigenvalue weighted by atomic mass is 16.6. The third kappa shape index (κ3) is 3.43. The molecular weight excluding hydrogens is 262 g/mol. The Morgan fingerprint density at radius 2 is 2.25 bits per heavy atom. The van der Waals surface area contributed by atoms with Gasteiger partial charge < -0.3 is 10.1 Å². The van der Waals surface area contributed by atoms with E-state index in [1.165, 1.54) is 19.4 Å². The van der Waals surface area contributed by atoms with Crippen molar-refractivity contribution < 1.29 is 14.5 Å². The first-order valence-corrected chi connectivity index (χ1v) is 6.31. The van der Waals surface area contributed by atoms with E-state index >= 15 is 0 Å². The van der Waals surface area contributed by atoms with Crippen LogP contribution in [0, 0.1) is 17.0 Å². The normalized spacial score (nSPS) is 13.4. The number of carbonyl (C=O) groups is 1. The van der Waals surface area contributed by atoms with Gasteiger partial charge in [0.25, 0.3) is 5.69 Å². The van der Waals surface area contributed by atoms with Crippen LogP contribution in [0.3, 0.4) is 0 Å². The van der Waals surface area contributed by atoms with Crippen LogP contribution in [0.15, 0.2) is 12.3 Å². The molecule has 7 nitrogen and oxygen atoms in total. The number of nitro groups is 1. The summed E-state index contributed by atoms with van der Waals surface area (Å²) >= 11 is 0. The molecular formula is C13H19N3O4. The lowest BCUT2D eigenvalue weighted by Gasteiger charge is -2.28. The second kappa shape index (κ2) is 6.31. The molecule has 0 saturated heterocycles. The molecule has 0 spiro atoms. The van der Waals surface area contributed by atoms with Crippen molar-refractivity contribution in [2.45, 2.75) is 39.2 Å². The molecule has 0 saturated carbocycles. The van der Waals surface area contributed by atoms with Gasteiger partial charge in [0.05, 0.1) is 12.0 Å². The fraction of sp³-hybridized carbons (Fsp3) is 0.538. The average Bonchev–Trinajstić information content (AvgIpc) is 2.40. The molecule has 0 aliphatic heterocycles. The molecule has 110 valence electrons. The molecule has 1 atom stereocenters. The minimum absolute atomic E-state index is 0.0803. The summed E-state index contributed by atoms with van der Waals surface area (Å²) in [5.74, 6) is 0.0517. The Balaban J connectivity index is 3.06. The molecule has 1 rings (SSSR count). The molecule has 0 amide bonds. The van der Waals surface area contributed by atoms with Crippen molar-refractivity contribution in [3.63, 3.8) is 0 Å². The van der Waals surface area contributed by atoms with Gasteiger partial charge in [0, 0.05) is 6.07 Å². The fourth-order valence-corrected chi connectivity index (χ4v) is 1.99. The van der Waals surface area contributed by atoms with Crippen molar-refractivity contribution in [3.05, 3.63) is 27.9 Å². The molecule has 0 aromatic carbocycles. The van der Waals surface area contributed by atoms with Crippen LogP contribution < -0.4 is 5.32 Å². The number of carbonyl (C=O) groups excluding carboxylic acids is 1. The van der Waals surface area contributed by atoms with Crippen molar-refractivity contribution in [3.8, 4) is 0 Å². The lowest BCUT2D eigenvalue weighted by molar-refractivity contribution is -0.385. The predicted octanol–water partition coefficient (Wildman–Crippen LogP) is 2.44. The van der Waals surface area contributed by atoms with E-state index in [1.807, 2.05) is 6.92 Å². The monoisotopic (exact) mass is 281 g/mol. The van der Waals surface area contributed by atoms with Crippen LogP contribution in [-0.2, 0) is 9.53 Å². The third-order valence-corrected chi connectivity index (χ3v) is 3.05. The van der Waals surface area contributed by atoms with Gasteiger partial charge in [-0.25, -0.2) is 9.78 Å². The first kappa shape index (κ1) is 15.9. The number of hydrogen-bond acceptors (Lipinski definition) is 6. The number of rotatable bonds is 6.